The van der Waals surface area contributed by atoms with E-state index in [0.717, 1.165) is 21.2 Å². The molecule has 0 unspecified atom stereocenters. The molecule has 9 heteroatoms. The van der Waals surface area contributed by atoms with Crippen LogP contribution in [0.3, 0.4) is 0 Å². The summed E-state index contributed by atoms with van der Waals surface area (Å²) < 4.78 is 15.9. The quantitative estimate of drug-likeness (QED) is 0.209. The molecule has 0 spiro atoms. The molecule has 0 bridgehead atoms. The number of azo groups is 1. The highest BCUT2D eigenvalue weighted by Gasteiger charge is 2.18. The maximum Gasteiger partial charge on any atom is 0.221 e. The molecule has 0 saturated carbocycles. The molecule has 3 aromatic carbocycles. The highest BCUT2D eigenvalue weighted by molar-refractivity contribution is 9.10. The average molecular weight is 532 g/mol. The van der Waals surface area contributed by atoms with E-state index in [0.29, 0.717) is 10.9 Å². The molecule has 32 heavy (non-hydrogen) atoms. The number of hydrogen-bond acceptors (Lipinski definition) is 3. The number of anilines is 1. The summed E-state index contributed by atoms with van der Waals surface area (Å²) in [4.78, 5) is 0. The van der Waals surface area contributed by atoms with Crippen molar-refractivity contribution >= 4 is 67.1 Å². The van der Waals surface area contributed by atoms with Crippen molar-refractivity contribution in [1.82, 2.24) is 4.57 Å². The lowest BCUT2D eigenvalue weighted by molar-refractivity contribution is 0.429. The zero-order chi connectivity index (χ0) is 22.8. The summed E-state index contributed by atoms with van der Waals surface area (Å²) in [6, 6.07) is 17.4. The third-order valence-electron chi connectivity index (χ3n) is 4.94. The first kappa shape index (κ1) is 22.4. The van der Waals surface area contributed by atoms with Gasteiger partial charge < -0.3 is 15.0 Å². The smallest absolute Gasteiger partial charge is 0.221 e. The second-order valence-corrected chi connectivity index (χ2v) is 8.81. The largest absolute Gasteiger partial charge is 0.493 e. The molecule has 0 radical (unpaired) electrons. The topological polar surface area (TPSA) is 61.9 Å². The predicted molar refractivity (Wildman–Crippen MR) is 134 cm³/mol. The van der Waals surface area contributed by atoms with E-state index in [-0.39, 0.29) is 28.2 Å². The van der Waals surface area contributed by atoms with Gasteiger partial charge in [0.15, 0.2) is 5.69 Å². The summed E-state index contributed by atoms with van der Waals surface area (Å²) in [6.45, 7) is 2.18. The first-order valence-corrected chi connectivity index (χ1v) is 11.1. The Morgan fingerprint density at radius 2 is 1.97 bits per heavy atom. The zero-order valence-corrected chi connectivity index (χ0v) is 20.0. The van der Waals surface area contributed by atoms with E-state index in [1.807, 2.05) is 49.4 Å². The standard InChI is InChI=1S/C23H17BrClFN4OS/c1-13-4-2-3-5-19(13)27-23(32)29-28-21-17-10-15(24)7-9-20(17)30(22(21)31)12-14-6-8-16(26)11-18(14)25/h2-11,31H,12H2,1H3,(H,27,32). The van der Waals surface area contributed by atoms with Crippen LogP contribution in [0.15, 0.2) is 75.4 Å². The summed E-state index contributed by atoms with van der Waals surface area (Å²) >= 11 is 15.0. The number of halogens is 3. The fourth-order valence-electron chi connectivity index (χ4n) is 3.32. The van der Waals surface area contributed by atoms with Gasteiger partial charge in [-0.2, -0.15) is 0 Å². The van der Waals surface area contributed by atoms with Crippen molar-refractivity contribution in [3.8, 4) is 5.88 Å². The van der Waals surface area contributed by atoms with Crippen LogP contribution in [-0.2, 0) is 6.54 Å². The number of nitrogens with one attached hydrogen (secondary N) is 1. The number of hydrogen-bond donors (Lipinski definition) is 2. The van der Waals surface area contributed by atoms with E-state index in [9.17, 15) is 9.50 Å². The molecular weight excluding hydrogens is 515 g/mol. The van der Waals surface area contributed by atoms with Gasteiger partial charge >= 0.3 is 0 Å². The van der Waals surface area contributed by atoms with Crippen molar-refractivity contribution in [1.29, 1.82) is 0 Å². The van der Waals surface area contributed by atoms with Crippen molar-refractivity contribution in [3.05, 3.63) is 87.1 Å². The van der Waals surface area contributed by atoms with Crippen LogP contribution >= 0.6 is 39.7 Å². The Morgan fingerprint density at radius 1 is 1.19 bits per heavy atom. The first-order chi connectivity index (χ1) is 15.3. The summed E-state index contributed by atoms with van der Waals surface area (Å²) in [5.41, 5.74) is 3.50. The van der Waals surface area contributed by atoms with Crippen molar-refractivity contribution in [2.45, 2.75) is 13.5 Å². The van der Waals surface area contributed by atoms with E-state index in [1.165, 1.54) is 12.1 Å². The molecule has 2 N–H and O–H groups in total. The van der Waals surface area contributed by atoms with Crippen LogP contribution in [-0.4, -0.2) is 14.8 Å². The van der Waals surface area contributed by atoms with Crippen LogP contribution in [0.2, 0.25) is 5.02 Å². The minimum atomic E-state index is -0.423. The molecule has 0 fully saturated rings. The molecule has 162 valence electrons. The van der Waals surface area contributed by atoms with E-state index >= 15 is 0 Å². The van der Waals surface area contributed by atoms with Crippen LogP contribution < -0.4 is 5.32 Å². The van der Waals surface area contributed by atoms with Crippen molar-refractivity contribution < 1.29 is 9.50 Å². The van der Waals surface area contributed by atoms with Gasteiger partial charge in [0.2, 0.25) is 11.0 Å². The summed E-state index contributed by atoms with van der Waals surface area (Å²) in [6.07, 6.45) is 0. The number of benzene rings is 3. The van der Waals surface area contributed by atoms with Crippen LogP contribution in [0.4, 0.5) is 15.8 Å². The van der Waals surface area contributed by atoms with Crippen LogP contribution in [0.1, 0.15) is 11.1 Å². The molecule has 0 aliphatic rings. The third kappa shape index (κ3) is 4.67. The third-order valence-corrected chi connectivity index (χ3v) is 5.97. The molecule has 1 aromatic heterocycles. The van der Waals surface area contributed by atoms with Gasteiger partial charge in [0.1, 0.15) is 5.82 Å². The minimum Gasteiger partial charge on any atom is -0.493 e. The van der Waals surface area contributed by atoms with E-state index in [2.05, 4.69) is 31.5 Å². The number of aromatic hydroxyl groups is 1. The van der Waals surface area contributed by atoms with E-state index < -0.39 is 5.82 Å². The highest BCUT2D eigenvalue weighted by Crippen LogP contribution is 2.41. The Morgan fingerprint density at radius 3 is 2.72 bits per heavy atom. The fraction of sp³-hybridized carbons (Fsp3) is 0.0870. The Kier molecular flexibility index (Phi) is 6.55. The van der Waals surface area contributed by atoms with Gasteiger partial charge in [-0.15, -0.1) is 10.2 Å². The van der Waals surface area contributed by atoms with Gasteiger partial charge in [-0.05, 0) is 66.7 Å². The lowest BCUT2D eigenvalue weighted by Crippen LogP contribution is -2.06. The second-order valence-electron chi connectivity index (χ2n) is 7.10. The summed E-state index contributed by atoms with van der Waals surface area (Å²) in [5.74, 6) is -0.519. The van der Waals surface area contributed by atoms with Gasteiger partial charge in [0.05, 0.1) is 12.1 Å². The average Bonchev–Trinajstić information content (AvgIpc) is 3.00. The van der Waals surface area contributed by atoms with Gasteiger partial charge in [-0.25, -0.2) is 4.39 Å². The van der Waals surface area contributed by atoms with Gasteiger partial charge in [0.25, 0.3) is 0 Å². The van der Waals surface area contributed by atoms with Gasteiger partial charge in [-0.1, -0.05) is 51.8 Å². The zero-order valence-electron chi connectivity index (χ0n) is 16.8. The molecule has 4 rings (SSSR count). The molecule has 0 amide bonds. The Bertz CT molecular complexity index is 1370. The van der Waals surface area contributed by atoms with Gasteiger partial charge in [0, 0.05) is 20.6 Å². The van der Waals surface area contributed by atoms with Crippen LogP contribution in [0.5, 0.6) is 5.88 Å². The Labute approximate surface area is 202 Å². The molecular formula is C23H17BrClFN4OS. The lowest BCUT2D eigenvalue weighted by atomic mass is 10.2. The maximum atomic E-state index is 13.4. The number of fused-ring (bicyclic) bond motifs is 1. The molecule has 1 heterocycles. The SMILES string of the molecule is Cc1ccccc1NC(=S)N=Nc1c(O)n(Cc2ccc(F)cc2Cl)c2ccc(Br)cc12. The predicted octanol–water partition coefficient (Wildman–Crippen LogP) is 7.74. The Hall–Kier alpha value is -2.81. The normalized spacial score (nSPS) is 11.4. The molecule has 0 aliphatic heterocycles. The highest BCUT2D eigenvalue weighted by atomic mass is 79.9. The van der Waals surface area contributed by atoms with Crippen molar-refractivity contribution in [2.75, 3.05) is 5.32 Å². The van der Waals surface area contributed by atoms with Gasteiger partial charge in [-0.3, -0.25) is 0 Å². The van der Waals surface area contributed by atoms with Crippen molar-refractivity contribution in [3.63, 3.8) is 0 Å². The van der Waals surface area contributed by atoms with Crippen LogP contribution in [0, 0.1) is 12.7 Å². The molecule has 0 saturated heterocycles. The van der Waals surface area contributed by atoms with E-state index in [1.54, 1.807) is 10.6 Å². The number of para-hydroxylation sites is 1. The molecule has 0 aliphatic carbocycles. The van der Waals surface area contributed by atoms with E-state index in [4.69, 9.17) is 23.8 Å². The molecule has 5 nitrogen and oxygen atoms in total. The molecule has 4 aromatic rings. The number of nitrogens with zero attached hydrogens (tertiary/aromatic N) is 3. The van der Waals surface area contributed by atoms with Crippen molar-refractivity contribution in [2.24, 2.45) is 10.2 Å². The number of thiocarbonyl (C=S) groups is 1. The number of aryl methyl sites for hydroxylation is 1. The van der Waals surface area contributed by atoms with Crippen LogP contribution in [0.25, 0.3) is 10.9 Å². The fourth-order valence-corrected chi connectivity index (χ4v) is 4.06. The lowest BCUT2D eigenvalue weighted by Gasteiger charge is -2.09. The maximum absolute atomic E-state index is 13.4. The second kappa shape index (κ2) is 9.36. The monoisotopic (exact) mass is 530 g/mol. The minimum absolute atomic E-state index is 0.0964. The summed E-state index contributed by atoms with van der Waals surface area (Å²) in [7, 11) is 0. The Balaban J connectivity index is 1.70. The molecule has 0 atom stereocenters. The number of aromatic nitrogens is 1. The number of rotatable bonds is 4. The first-order valence-electron chi connectivity index (χ1n) is 9.56. The summed E-state index contributed by atoms with van der Waals surface area (Å²) in [5, 5.41) is 23.5.